The predicted octanol–water partition coefficient (Wildman–Crippen LogP) is 2.14. The van der Waals surface area contributed by atoms with Gasteiger partial charge >= 0.3 is 19.8 Å². The first-order chi connectivity index (χ1) is 15.2. The van der Waals surface area contributed by atoms with E-state index in [1.54, 1.807) is 24.3 Å². The average molecular weight is 471 g/mol. The van der Waals surface area contributed by atoms with Crippen LogP contribution in [0.2, 0.25) is 0 Å². The molecule has 3 rings (SSSR count). The summed E-state index contributed by atoms with van der Waals surface area (Å²) in [5.74, 6) is -4.14. The number of benzene rings is 1. The first-order valence-electron chi connectivity index (χ1n) is 9.60. The number of anilines is 1. The lowest BCUT2D eigenvalue weighted by atomic mass is 10.2. The second kappa shape index (κ2) is 10.2. The van der Waals surface area contributed by atoms with E-state index < -0.39 is 57.2 Å². The van der Waals surface area contributed by atoms with Crippen LogP contribution >= 0.6 is 8.18 Å². The highest BCUT2D eigenvalue weighted by molar-refractivity contribution is 7.36. The van der Waals surface area contributed by atoms with Crippen molar-refractivity contribution in [2.24, 2.45) is 0 Å². The maximum absolute atomic E-state index is 14.3. The van der Waals surface area contributed by atoms with E-state index in [-0.39, 0.29) is 12.4 Å². The van der Waals surface area contributed by atoms with Gasteiger partial charge in [0.1, 0.15) is 25.1 Å². The highest BCUT2D eigenvalue weighted by atomic mass is 31.1. The van der Waals surface area contributed by atoms with Crippen molar-refractivity contribution < 1.29 is 32.1 Å². The Bertz CT molecular complexity index is 1020. The van der Waals surface area contributed by atoms with E-state index in [1.807, 2.05) is 6.07 Å². The second-order valence-electron chi connectivity index (χ2n) is 7.11. The monoisotopic (exact) mass is 471 g/mol. The number of aromatic nitrogens is 2. The molecule has 2 heterocycles. The smallest absolute Gasteiger partial charge is 0.460 e. The number of alkyl halides is 2. The van der Waals surface area contributed by atoms with Crippen LogP contribution in [-0.4, -0.2) is 40.2 Å². The van der Waals surface area contributed by atoms with Gasteiger partial charge in [-0.25, -0.2) is 13.6 Å². The third-order valence-electron chi connectivity index (χ3n) is 4.54. The van der Waals surface area contributed by atoms with E-state index in [9.17, 15) is 22.9 Å². The topological polar surface area (TPSA) is 135 Å². The molecular weight excluding hydrogens is 449 g/mol. The summed E-state index contributed by atoms with van der Waals surface area (Å²) in [4.78, 5) is 27.3. The number of carbonyl (C=O) groups excluding carboxylic acids is 1. The van der Waals surface area contributed by atoms with Gasteiger partial charge in [0.15, 0.2) is 0 Å². The molecule has 1 aromatic heterocycles. The number of hydrogen-bond acceptors (Lipinski definition) is 8. The van der Waals surface area contributed by atoms with Gasteiger partial charge in [-0.05, 0) is 23.1 Å². The summed E-state index contributed by atoms with van der Waals surface area (Å²) in [6.45, 7) is 1.03. The highest BCUT2D eigenvalue weighted by Gasteiger charge is 2.52. The number of nitrogen functional groups attached to an aromatic ring is 1. The molecule has 0 saturated carbocycles. The zero-order valence-corrected chi connectivity index (χ0v) is 17.9. The molecule has 2 aromatic rings. The van der Waals surface area contributed by atoms with E-state index in [1.165, 1.54) is 13.0 Å². The molecule has 0 radical (unpaired) electrons. The lowest BCUT2D eigenvalue weighted by Crippen LogP contribution is -2.35. The minimum Gasteiger partial charge on any atom is -0.460 e. The molecule has 1 fully saturated rings. The lowest BCUT2D eigenvalue weighted by molar-refractivity contribution is -0.146. The summed E-state index contributed by atoms with van der Waals surface area (Å²) < 4.78 is 56.8. The number of halogens is 2. The number of nitrogens with one attached hydrogen (secondary N) is 1. The molecule has 172 valence electrons. The molecule has 0 aliphatic carbocycles. The largest absolute Gasteiger partial charge is 0.613 e. The normalized spacial score (nSPS) is 21.2. The summed E-state index contributed by atoms with van der Waals surface area (Å²) in [6, 6.07) is 9.24. The Morgan fingerprint density at radius 1 is 1.41 bits per heavy atom. The Hall–Kier alpha value is -2.79. The zero-order valence-electron chi connectivity index (χ0n) is 17.0. The quantitative estimate of drug-likeness (QED) is 0.417. The molecule has 1 aliphatic rings. The molecule has 32 heavy (non-hydrogen) atoms. The molecule has 1 saturated heterocycles. The minimum atomic E-state index is -3.39. The zero-order chi connectivity index (χ0) is 23.3. The van der Waals surface area contributed by atoms with Gasteiger partial charge in [-0.1, -0.05) is 35.4 Å². The van der Waals surface area contributed by atoms with Crippen molar-refractivity contribution >= 4 is 20.0 Å². The van der Waals surface area contributed by atoms with E-state index in [2.05, 4.69) is 10.1 Å². The molecule has 3 N–H and O–H groups in total. The van der Waals surface area contributed by atoms with Gasteiger partial charge in [-0.2, -0.15) is 4.98 Å². The first kappa shape index (κ1) is 23.9. The molecule has 1 aliphatic heterocycles. The number of rotatable bonds is 9. The Morgan fingerprint density at radius 2 is 2.12 bits per heavy atom. The van der Waals surface area contributed by atoms with Crippen LogP contribution in [0.25, 0.3) is 0 Å². The Kier molecular flexibility index (Phi) is 7.62. The van der Waals surface area contributed by atoms with Gasteiger partial charge < -0.3 is 15.2 Å². The maximum atomic E-state index is 14.3. The van der Waals surface area contributed by atoms with E-state index in [0.29, 0.717) is 4.57 Å². The van der Waals surface area contributed by atoms with Gasteiger partial charge in [-0.15, -0.1) is 4.52 Å². The van der Waals surface area contributed by atoms with E-state index >= 15 is 0 Å². The predicted molar refractivity (Wildman–Crippen MR) is 109 cm³/mol. The van der Waals surface area contributed by atoms with Crippen LogP contribution in [0.15, 0.2) is 47.4 Å². The third-order valence-corrected chi connectivity index (χ3v) is 5.52. The van der Waals surface area contributed by atoms with Crippen molar-refractivity contribution in [2.45, 2.75) is 44.2 Å². The van der Waals surface area contributed by atoms with Crippen LogP contribution in [0.1, 0.15) is 25.1 Å². The SMILES string of the molecule is C[C@H](N[P+](=O)OC[C@@H]1CC(F)(F)[C@H](n2ccc(N)nc2=O)O1)C(=O)OCc1ccccc1. The van der Waals surface area contributed by atoms with Crippen LogP contribution in [0.5, 0.6) is 0 Å². The van der Waals surface area contributed by atoms with Crippen LogP contribution in [0.3, 0.4) is 0 Å². The van der Waals surface area contributed by atoms with Crippen molar-refractivity contribution in [3.63, 3.8) is 0 Å². The average Bonchev–Trinajstić information content (AvgIpc) is 3.05. The summed E-state index contributed by atoms with van der Waals surface area (Å²) in [5, 5.41) is 2.41. The van der Waals surface area contributed by atoms with Gasteiger partial charge in [-0.3, -0.25) is 9.36 Å². The number of nitrogens with two attached hydrogens (primary N) is 1. The lowest BCUT2D eigenvalue weighted by Gasteiger charge is -2.19. The van der Waals surface area contributed by atoms with Crippen molar-refractivity contribution in [3.8, 4) is 0 Å². The number of nitrogens with zero attached hydrogens (tertiary/aromatic N) is 2. The maximum Gasteiger partial charge on any atom is 0.613 e. The molecule has 0 amide bonds. The van der Waals surface area contributed by atoms with Crippen molar-refractivity contribution in [2.75, 3.05) is 12.3 Å². The van der Waals surface area contributed by atoms with Gasteiger partial charge in [0, 0.05) is 12.6 Å². The van der Waals surface area contributed by atoms with Gasteiger partial charge in [0.05, 0.1) is 6.10 Å². The Balaban J connectivity index is 1.47. The summed E-state index contributed by atoms with van der Waals surface area (Å²) >= 11 is 0. The molecule has 13 heteroatoms. The fourth-order valence-electron chi connectivity index (χ4n) is 2.96. The third kappa shape index (κ3) is 6.13. The van der Waals surface area contributed by atoms with E-state index in [0.717, 1.165) is 11.8 Å². The summed E-state index contributed by atoms with van der Waals surface area (Å²) in [7, 11) is -2.57. The van der Waals surface area contributed by atoms with Crippen LogP contribution in [-0.2, 0) is 30.0 Å². The summed E-state index contributed by atoms with van der Waals surface area (Å²) in [5.41, 5.74) is 5.18. The van der Waals surface area contributed by atoms with Crippen LogP contribution in [0, 0.1) is 0 Å². The Morgan fingerprint density at radius 3 is 2.81 bits per heavy atom. The summed E-state index contributed by atoms with van der Waals surface area (Å²) in [6.07, 6.45) is -2.72. The van der Waals surface area contributed by atoms with Crippen molar-refractivity contribution in [3.05, 3.63) is 58.6 Å². The van der Waals surface area contributed by atoms with E-state index in [4.69, 9.17) is 19.7 Å². The molecule has 0 bridgehead atoms. The Labute approximate surface area is 182 Å². The number of carbonyl (C=O) groups is 1. The molecule has 1 unspecified atom stereocenters. The molecule has 10 nitrogen and oxygen atoms in total. The first-order valence-corrected chi connectivity index (χ1v) is 10.8. The standard InChI is InChI=1S/C19H21F2N4O6P/c1-12(16(26)29-10-13-5-3-2-4-6-13)24-32(28)30-11-14-9-19(20,21)17(31-14)25-8-7-15(22)23-18(25)27/h2-8,12,14,17H,9-11H2,1H3,(H2-,22,23,24,27,28)/p+1/t12-,14-,17+/m0/s1. The molecule has 0 spiro atoms. The minimum absolute atomic E-state index is 0.0507. The van der Waals surface area contributed by atoms with Gasteiger partial charge in [0.2, 0.25) is 6.23 Å². The number of esters is 1. The van der Waals surface area contributed by atoms with Crippen molar-refractivity contribution in [1.82, 2.24) is 14.6 Å². The van der Waals surface area contributed by atoms with Crippen LogP contribution in [0.4, 0.5) is 14.6 Å². The number of hydrogen-bond donors (Lipinski definition) is 2. The highest BCUT2D eigenvalue weighted by Crippen LogP contribution is 2.42. The fraction of sp³-hybridized carbons (Fsp3) is 0.421. The molecule has 4 atom stereocenters. The van der Waals surface area contributed by atoms with Crippen molar-refractivity contribution in [1.29, 1.82) is 0 Å². The van der Waals surface area contributed by atoms with Gasteiger partial charge in [0.25, 0.3) is 5.92 Å². The van der Waals surface area contributed by atoms with Crippen LogP contribution < -0.4 is 16.5 Å². The fourth-order valence-corrected chi connectivity index (χ4v) is 3.76. The molecular formula is C19H22F2N4O6P+. The second-order valence-corrected chi connectivity index (χ2v) is 8.15. The molecule has 1 aromatic carbocycles. The number of ether oxygens (including phenoxy) is 2.